The monoisotopic (exact) mass is 802 g/mol. The first-order valence-corrected chi connectivity index (χ1v) is 22.1. The Hall–Kier alpha value is -7.80. The molecule has 63 heavy (non-hydrogen) atoms. The van der Waals surface area contributed by atoms with Gasteiger partial charge in [-0.05, 0) is 170 Å². The van der Waals surface area contributed by atoms with E-state index in [4.69, 9.17) is 0 Å². The second-order valence-electron chi connectivity index (χ2n) is 16.5. The van der Waals surface area contributed by atoms with Gasteiger partial charge >= 0.3 is 0 Å². The van der Waals surface area contributed by atoms with Gasteiger partial charge in [0.25, 0.3) is 0 Å². The molecule has 0 spiro atoms. The van der Waals surface area contributed by atoms with Gasteiger partial charge in [0.15, 0.2) is 0 Å². The third-order valence-electron chi connectivity index (χ3n) is 13.2. The summed E-state index contributed by atoms with van der Waals surface area (Å²) in [6, 6.07) is 65.8. The van der Waals surface area contributed by atoms with Crippen molar-refractivity contribution in [2.45, 2.75) is 20.8 Å². The van der Waals surface area contributed by atoms with Gasteiger partial charge in [-0.25, -0.2) is 0 Å². The second-order valence-corrected chi connectivity index (χ2v) is 16.5. The minimum atomic E-state index is 1.15. The molecule has 0 N–H and O–H groups in total. The molecule has 0 fully saturated rings. The second kappa shape index (κ2) is 15.6. The van der Waals surface area contributed by atoms with Crippen LogP contribution in [0.5, 0.6) is 0 Å². The van der Waals surface area contributed by atoms with E-state index in [9.17, 15) is 0 Å². The lowest BCUT2D eigenvalue weighted by atomic mass is 9.80. The first-order chi connectivity index (χ1) is 31.1. The van der Waals surface area contributed by atoms with Crippen molar-refractivity contribution in [3.05, 3.63) is 223 Å². The van der Waals surface area contributed by atoms with Crippen molar-refractivity contribution in [2.24, 2.45) is 0 Å². The third kappa shape index (κ3) is 5.98. The minimum absolute atomic E-state index is 1.15. The summed E-state index contributed by atoms with van der Waals surface area (Å²) in [7, 11) is 0. The summed E-state index contributed by atoms with van der Waals surface area (Å²) in [5.74, 6) is 0. The van der Waals surface area contributed by atoms with Crippen LogP contribution in [0.15, 0.2) is 207 Å². The van der Waals surface area contributed by atoms with Crippen LogP contribution < -0.4 is 0 Å². The molecule has 0 unspecified atom stereocenters. The molecule has 0 heteroatoms. The molecule has 0 nitrogen and oxygen atoms in total. The van der Waals surface area contributed by atoms with Crippen LogP contribution in [0.25, 0.3) is 127 Å². The van der Waals surface area contributed by atoms with E-state index in [0.717, 1.165) is 11.1 Å². The van der Waals surface area contributed by atoms with Gasteiger partial charge in [-0.15, -0.1) is 0 Å². The maximum Gasteiger partial charge on any atom is -0.00197 e. The van der Waals surface area contributed by atoms with Crippen LogP contribution in [0.1, 0.15) is 37.5 Å². The predicted molar refractivity (Wildman–Crippen MR) is 279 cm³/mol. The molecule has 0 saturated carbocycles. The molecule has 298 valence electrons. The Morgan fingerprint density at radius 1 is 0.397 bits per heavy atom. The zero-order valence-electron chi connectivity index (χ0n) is 35.9. The highest BCUT2D eigenvalue weighted by Crippen LogP contribution is 2.50. The number of hydrogen-bond acceptors (Lipinski definition) is 0. The van der Waals surface area contributed by atoms with Crippen molar-refractivity contribution < 1.29 is 0 Å². The quantitative estimate of drug-likeness (QED) is 0.0855. The van der Waals surface area contributed by atoms with Crippen LogP contribution >= 0.6 is 0 Å². The summed E-state index contributed by atoms with van der Waals surface area (Å²) < 4.78 is 0. The maximum absolute atomic E-state index is 4.29. The van der Waals surface area contributed by atoms with E-state index < -0.39 is 0 Å². The molecule has 0 amide bonds. The van der Waals surface area contributed by atoms with Crippen LogP contribution in [0.4, 0.5) is 0 Å². The van der Waals surface area contributed by atoms with E-state index in [1.54, 1.807) is 0 Å². The number of hydrogen-bond donors (Lipinski definition) is 0. The van der Waals surface area contributed by atoms with Crippen molar-refractivity contribution in [3.8, 4) is 33.4 Å². The van der Waals surface area contributed by atoms with E-state index >= 15 is 0 Å². The number of allylic oxidation sites excluding steroid dienone is 5. The smallest absolute Gasteiger partial charge is 0.00197 e. The first kappa shape index (κ1) is 38.1. The molecule has 0 aliphatic heterocycles. The van der Waals surface area contributed by atoms with E-state index in [2.05, 4.69) is 234 Å². The molecule has 0 aliphatic carbocycles. The molecule has 0 aliphatic rings. The lowest BCUT2D eigenvalue weighted by molar-refractivity contribution is 1.63. The molecule has 11 aromatic carbocycles. The van der Waals surface area contributed by atoms with E-state index in [1.807, 2.05) is 6.08 Å². The number of rotatable bonds is 7. The average Bonchev–Trinajstić information content (AvgIpc) is 3.34. The maximum atomic E-state index is 4.29. The van der Waals surface area contributed by atoms with Gasteiger partial charge in [0.1, 0.15) is 0 Å². The van der Waals surface area contributed by atoms with Crippen LogP contribution in [0.2, 0.25) is 0 Å². The molecule has 0 heterocycles. The predicted octanol–water partition coefficient (Wildman–Crippen LogP) is 18.4. The van der Waals surface area contributed by atoms with Gasteiger partial charge in [-0.1, -0.05) is 201 Å². The summed E-state index contributed by atoms with van der Waals surface area (Å²) in [5.41, 5.74) is 12.2. The van der Waals surface area contributed by atoms with E-state index in [0.29, 0.717) is 0 Å². The van der Waals surface area contributed by atoms with Gasteiger partial charge < -0.3 is 0 Å². The van der Waals surface area contributed by atoms with Gasteiger partial charge in [0.2, 0.25) is 0 Å². The highest BCUT2D eigenvalue weighted by atomic mass is 14.3. The topological polar surface area (TPSA) is 0 Å². The van der Waals surface area contributed by atoms with Crippen molar-refractivity contribution in [2.75, 3.05) is 0 Å². The largest absolute Gasteiger partial charge is 0.0984 e. The molecule has 0 radical (unpaired) electrons. The number of benzene rings is 11. The molecule has 0 aromatic heterocycles. The number of fused-ring (bicyclic) bond motifs is 8. The molecule has 0 saturated heterocycles. The molecule has 11 aromatic rings. The summed E-state index contributed by atoms with van der Waals surface area (Å²) in [6.07, 6.45) is 13.0. The van der Waals surface area contributed by atoms with Crippen LogP contribution in [0, 0.1) is 0 Å². The lowest BCUT2D eigenvalue weighted by Crippen LogP contribution is -1.96. The van der Waals surface area contributed by atoms with Crippen molar-refractivity contribution >= 4 is 93.1 Å². The Balaban J connectivity index is 1.35. The van der Waals surface area contributed by atoms with Crippen molar-refractivity contribution in [3.63, 3.8) is 0 Å². The fraction of sp³-hybridized carbons (Fsp3) is 0.0476. The fourth-order valence-corrected chi connectivity index (χ4v) is 10.6. The Morgan fingerprint density at radius 2 is 0.873 bits per heavy atom. The zero-order chi connectivity index (χ0) is 42.6. The van der Waals surface area contributed by atoms with E-state index in [1.165, 1.54) is 120 Å². The first-order valence-electron chi connectivity index (χ1n) is 22.1. The molecule has 0 atom stereocenters. The van der Waals surface area contributed by atoms with Crippen molar-refractivity contribution in [1.29, 1.82) is 0 Å². The van der Waals surface area contributed by atoms with Crippen LogP contribution in [-0.2, 0) is 0 Å². The molecular formula is C63H46. The highest BCUT2D eigenvalue weighted by molar-refractivity contribution is 6.28. The summed E-state index contributed by atoms with van der Waals surface area (Å²) in [5, 5.41) is 17.3. The summed E-state index contributed by atoms with van der Waals surface area (Å²) >= 11 is 0. The van der Waals surface area contributed by atoms with Gasteiger partial charge in [-0.3, -0.25) is 0 Å². The van der Waals surface area contributed by atoms with Crippen LogP contribution in [0.3, 0.4) is 0 Å². The molecule has 0 bridgehead atoms. The molecule has 11 rings (SSSR count). The zero-order valence-corrected chi connectivity index (χ0v) is 35.9. The Bertz CT molecular complexity index is 3720. The normalized spacial score (nSPS) is 12.4. The Morgan fingerprint density at radius 3 is 1.46 bits per heavy atom. The summed E-state index contributed by atoms with van der Waals surface area (Å²) in [4.78, 5) is 0. The Kier molecular flexibility index (Phi) is 9.44. The lowest BCUT2D eigenvalue weighted by Gasteiger charge is -2.23. The van der Waals surface area contributed by atoms with Gasteiger partial charge in [0, 0.05) is 0 Å². The minimum Gasteiger partial charge on any atom is -0.0984 e. The standard InChI is InChI=1S/C63H46/c1-5-21-40(7-3)60-50-29-15-17-31-52(50)61(53-32-18-16-30-51(53)60)43-35-36-56-59(39-43)63(58-38-42-23-9-10-24-45(42)47-26-12-14-28-49(47)58)55-34-20-19-33-54(55)62(56)57-37-41(22-6-2)44(8-4)46-25-11-13-27-48(46)57/h5-39H,4H2,1-3H3/b21-5-,22-6-,40-7+. The molecular weight excluding hydrogens is 757 g/mol. The van der Waals surface area contributed by atoms with Gasteiger partial charge in [0.05, 0.1) is 0 Å². The van der Waals surface area contributed by atoms with Crippen molar-refractivity contribution in [1.82, 2.24) is 0 Å². The van der Waals surface area contributed by atoms with E-state index in [-0.39, 0.29) is 0 Å². The SMILES string of the molecule is C=Cc1c(/C=C\C)cc(-c2c3ccccc3c(-c3cc4ccccc4c4ccccc34)c3cc(-c4c5ccccc5c(C(/C=C\C)=C/C)c5ccccc45)ccc23)c2ccccc12. The van der Waals surface area contributed by atoms with Crippen LogP contribution in [-0.4, -0.2) is 0 Å². The average molecular weight is 803 g/mol. The third-order valence-corrected chi connectivity index (χ3v) is 13.2. The van der Waals surface area contributed by atoms with Gasteiger partial charge in [-0.2, -0.15) is 0 Å². The highest BCUT2D eigenvalue weighted by Gasteiger charge is 2.23. The fourth-order valence-electron chi connectivity index (χ4n) is 10.6. The Labute approximate surface area is 369 Å². The summed E-state index contributed by atoms with van der Waals surface area (Å²) in [6.45, 7) is 10.6.